The maximum atomic E-state index is 13.1. The number of hydrogen-bond donors (Lipinski definition) is 1. The molecule has 7 nitrogen and oxygen atoms in total. The van der Waals surface area contributed by atoms with E-state index >= 15 is 0 Å². The quantitative estimate of drug-likeness (QED) is 0.535. The number of nitrogens with one attached hydrogen (secondary N) is 1. The van der Waals surface area contributed by atoms with Crippen LogP contribution in [0.15, 0.2) is 18.2 Å². The molecule has 2 bridgehead atoms. The summed E-state index contributed by atoms with van der Waals surface area (Å²) in [5, 5.41) is 3.14. The number of fused-ring (bicyclic) bond motifs is 5. The Morgan fingerprint density at radius 1 is 1.16 bits per heavy atom. The molecule has 31 heavy (non-hydrogen) atoms. The number of amides is 3. The largest absolute Gasteiger partial charge is 0.454 e. The first-order valence-corrected chi connectivity index (χ1v) is 11.2. The van der Waals surface area contributed by atoms with Crippen LogP contribution in [0.3, 0.4) is 0 Å². The topological polar surface area (TPSA) is 92.8 Å². The van der Waals surface area contributed by atoms with Crippen molar-refractivity contribution in [3.05, 3.63) is 28.8 Å². The number of carbonyl (C=O) groups is 4. The highest BCUT2D eigenvalue weighted by molar-refractivity contribution is 6.31. The lowest BCUT2D eigenvalue weighted by atomic mass is 9.81. The summed E-state index contributed by atoms with van der Waals surface area (Å²) in [6.45, 7) is 4.87. The van der Waals surface area contributed by atoms with Crippen LogP contribution < -0.4 is 5.32 Å². The van der Waals surface area contributed by atoms with E-state index in [1.165, 1.54) is 0 Å². The van der Waals surface area contributed by atoms with Gasteiger partial charge in [-0.05, 0) is 61.6 Å². The van der Waals surface area contributed by atoms with Gasteiger partial charge in [0, 0.05) is 10.7 Å². The highest BCUT2D eigenvalue weighted by Gasteiger charge is 2.62. The summed E-state index contributed by atoms with van der Waals surface area (Å²) in [7, 11) is 0. The summed E-state index contributed by atoms with van der Waals surface area (Å²) in [4.78, 5) is 52.4. The summed E-state index contributed by atoms with van der Waals surface area (Å²) in [6, 6.07) is 4.06. The molecule has 3 fully saturated rings. The van der Waals surface area contributed by atoms with E-state index in [0.29, 0.717) is 10.7 Å². The van der Waals surface area contributed by atoms with E-state index in [1.54, 1.807) is 32.0 Å². The summed E-state index contributed by atoms with van der Waals surface area (Å²) in [5.74, 6) is -2.19. The van der Waals surface area contributed by atoms with Crippen molar-refractivity contribution in [2.24, 2.45) is 29.6 Å². The third-order valence-corrected chi connectivity index (χ3v) is 7.32. The van der Waals surface area contributed by atoms with E-state index in [0.717, 1.165) is 29.7 Å². The molecule has 1 aromatic rings. The Labute approximate surface area is 186 Å². The Kier molecular flexibility index (Phi) is 5.81. The first-order chi connectivity index (χ1) is 14.7. The fraction of sp³-hybridized carbons (Fsp3) is 0.565. The van der Waals surface area contributed by atoms with Crippen LogP contribution in [-0.2, 0) is 23.9 Å². The number of hydrogen-bond acceptors (Lipinski definition) is 5. The van der Waals surface area contributed by atoms with Crippen LogP contribution in [0.25, 0.3) is 0 Å². The van der Waals surface area contributed by atoms with Crippen molar-refractivity contribution >= 4 is 41.0 Å². The third-order valence-electron chi connectivity index (χ3n) is 6.91. The molecule has 5 atom stereocenters. The van der Waals surface area contributed by atoms with Gasteiger partial charge in [0.15, 0.2) is 6.61 Å². The average Bonchev–Trinajstić information content (AvgIpc) is 3.39. The highest BCUT2D eigenvalue weighted by atomic mass is 35.5. The molecule has 0 unspecified atom stereocenters. The fourth-order valence-electron chi connectivity index (χ4n) is 5.47. The monoisotopic (exact) mass is 446 g/mol. The molecule has 1 heterocycles. The van der Waals surface area contributed by atoms with E-state index in [1.807, 2.05) is 6.92 Å². The van der Waals surface area contributed by atoms with Gasteiger partial charge in [0.2, 0.25) is 11.8 Å². The molecule has 2 saturated carbocycles. The number of benzene rings is 1. The van der Waals surface area contributed by atoms with Crippen LogP contribution in [0.5, 0.6) is 0 Å². The van der Waals surface area contributed by atoms with E-state index in [4.69, 9.17) is 16.3 Å². The number of likely N-dealkylation sites (tertiary alicyclic amines) is 1. The number of carbonyl (C=O) groups excluding carboxylic acids is 4. The Morgan fingerprint density at radius 2 is 1.77 bits per heavy atom. The number of ether oxygens (including phenoxy) is 1. The summed E-state index contributed by atoms with van der Waals surface area (Å²) in [5.41, 5.74) is 1.37. The number of halogens is 1. The Hall–Kier alpha value is -2.41. The SMILES string of the molecule is Cc1ccc(NC(=O)COC(=O)[C@@H](C(C)C)N2C(=O)[C@@H]3[C@H]4CC[C@@H](C4)[C@@H]3C2=O)cc1Cl. The van der Waals surface area contributed by atoms with Crippen molar-refractivity contribution in [1.29, 1.82) is 0 Å². The summed E-state index contributed by atoms with van der Waals surface area (Å²) in [6.07, 6.45) is 2.87. The Bertz CT molecular complexity index is 918. The lowest BCUT2D eigenvalue weighted by molar-refractivity contribution is -0.162. The number of imide groups is 1. The second kappa shape index (κ2) is 8.26. The molecule has 0 radical (unpaired) electrons. The molecule has 166 valence electrons. The molecular weight excluding hydrogens is 420 g/mol. The van der Waals surface area contributed by atoms with Gasteiger partial charge in [-0.25, -0.2) is 4.79 Å². The second-order valence-corrected chi connectivity index (χ2v) is 9.65. The third kappa shape index (κ3) is 3.84. The van der Waals surface area contributed by atoms with Gasteiger partial charge in [0.05, 0.1) is 11.8 Å². The van der Waals surface area contributed by atoms with Gasteiger partial charge < -0.3 is 10.1 Å². The maximum Gasteiger partial charge on any atom is 0.330 e. The lowest BCUT2D eigenvalue weighted by Gasteiger charge is -2.28. The van der Waals surface area contributed by atoms with Gasteiger partial charge in [0.25, 0.3) is 5.91 Å². The highest BCUT2D eigenvalue weighted by Crippen LogP contribution is 2.56. The van der Waals surface area contributed by atoms with E-state index in [2.05, 4.69) is 5.32 Å². The molecule has 3 aliphatic rings. The maximum absolute atomic E-state index is 13.1. The molecular formula is C23H27ClN2O5. The Balaban J connectivity index is 1.41. The number of nitrogens with zero attached hydrogens (tertiary/aromatic N) is 1. The van der Waals surface area contributed by atoms with Crippen molar-refractivity contribution < 1.29 is 23.9 Å². The number of rotatable bonds is 6. The Morgan fingerprint density at radius 3 is 2.32 bits per heavy atom. The van der Waals surface area contributed by atoms with Gasteiger partial charge in [-0.15, -0.1) is 0 Å². The molecule has 0 aromatic heterocycles. The molecule has 1 aromatic carbocycles. The van der Waals surface area contributed by atoms with Gasteiger partial charge in [0.1, 0.15) is 6.04 Å². The predicted octanol–water partition coefficient (Wildman–Crippen LogP) is 3.19. The van der Waals surface area contributed by atoms with E-state index in [9.17, 15) is 19.2 Å². The molecule has 1 saturated heterocycles. The zero-order chi connectivity index (χ0) is 22.4. The average molecular weight is 447 g/mol. The van der Waals surface area contributed by atoms with Crippen molar-refractivity contribution in [3.8, 4) is 0 Å². The first-order valence-electron chi connectivity index (χ1n) is 10.8. The summed E-state index contributed by atoms with van der Waals surface area (Å²) >= 11 is 6.06. The molecule has 1 N–H and O–H groups in total. The smallest absolute Gasteiger partial charge is 0.330 e. The number of esters is 1. The normalized spacial score (nSPS) is 27.6. The van der Waals surface area contributed by atoms with Crippen molar-refractivity contribution in [3.63, 3.8) is 0 Å². The van der Waals surface area contributed by atoms with E-state index < -0.39 is 24.5 Å². The second-order valence-electron chi connectivity index (χ2n) is 9.24. The minimum Gasteiger partial charge on any atom is -0.454 e. The van der Waals surface area contributed by atoms with Gasteiger partial charge >= 0.3 is 5.97 Å². The van der Waals surface area contributed by atoms with Crippen LogP contribution in [0.1, 0.15) is 38.7 Å². The zero-order valence-electron chi connectivity index (χ0n) is 17.9. The van der Waals surface area contributed by atoms with Crippen molar-refractivity contribution in [2.45, 2.75) is 46.1 Å². The first kappa shape index (κ1) is 21.8. The van der Waals surface area contributed by atoms with Crippen LogP contribution >= 0.6 is 11.6 Å². The van der Waals surface area contributed by atoms with Crippen LogP contribution in [0.4, 0.5) is 5.69 Å². The van der Waals surface area contributed by atoms with Crippen molar-refractivity contribution in [2.75, 3.05) is 11.9 Å². The standard InChI is InChI=1S/C23H27ClN2O5/c1-11(2)20(26-21(28)18-13-5-6-14(8-13)19(18)22(26)29)23(30)31-10-17(27)25-15-7-4-12(3)16(24)9-15/h4,7,9,11,13-14,18-20H,5-6,8,10H2,1-3H3,(H,25,27)/t13-,14-,18-,19+,20+/m0/s1. The van der Waals surface area contributed by atoms with Crippen LogP contribution in [0, 0.1) is 36.5 Å². The van der Waals surface area contributed by atoms with Gasteiger partial charge in [-0.2, -0.15) is 0 Å². The van der Waals surface area contributed by atoms with Crippen LogP contribution in [0.2, 0.25) is 5.02 Å². The lowest BCUT2D eigenvalue weighted by Crippen LogP contribution is -2.50. The molecule has 1 aliphatic heterocycles. The van der Waals surface area contributed by atoms with Gasteiger partial charge in [-0.3, -0.25) is 19.3 Å². The number of aryl methyl sites for hydroxylation is 1. The van der Waals surface area contributed by atoms with E-state index in [-0.39, 0.29) is 41.4 Å². The molecule has 0 spiro atoms. The summed E-state index contributed by atoms with van der Waals surface area (Å²) < 4.78 is 5.22. The van der Waals surface area contributed by atoms with Gasteiger partial charge in [-0.1, -0.05) is 31.5 Å². The molecule has 8 heteroatoms. The van der Waals surface area contributed by atoms with Crippen molar-refractivity contribution in [1.82, 2.24) is 4.90 Å². The molecule has 4 rings (SSSR count). The minimum absolute atomic E-state index is 0.243. The zero-order valence-corrected chi connectivity index (χ0v) is 18.6. The molecule has 2 aliphatic carbocycles. The van der Waals surface area contributed by atoms with Crippen LogP contribution in [-0.4, -0.2) is 41.2 Å². The number of anilines is 1. The fourth-order valence-corrected chi connectivity index (χ4v) is 5.65. The minimum atomic E-state index is -1.02. The predicted molar refractivity (Wildman–Crippen MR) is 114 cm³/mol. The molecule has 3 amide bonds.